The van der Waals surface area contributed by atoms with Crippen molar-refractivity contribution >= 4 is 16.6 Å². The van der Waals surface area contributed by atoms with E-state index in [1.807, 2.05) is 24.3 Å². The summed E-state index contributed by atoms with van der Waals surface area (Å²) in [5.74, 6) is 0. The molecule has 0 saturated heterocycles. The van der Waals surface area contributed by atoms with Gasteiger partial charge < -0.3 is 4.57 Å². The van der Waals surface area contributed by atoms with Gasteiger partial charge in [-0.25, -0.2) is 0 Å². The van der Waals surface area contributed by atoms with E-state index < -0.39 is 0 Å². The second-order valence-corrected chi connectivity index (χ2v) is 7.52. The first-order valence-electron chi connectivity index (χ1n) is 8.99. The Morgan fingerprint density at radius 2 is 1.59 bits per heavy atom. The predicted octanol–water partition coefficient (Wildman–Crippen LogP) is 5.85. The molecule has 1 aliphatic rings. The van der Waals surface area contributed by atoms with Gasteiger partial charge in [0.15, 0.2) is 0 Å². The number of nitro groups is 1. The number of nitro benzene ring substituents is 1. The summed E-state index contributed by atoms with van der Waals surface area (Å²) in [6, 6.07) is 23.7. The summed E-state index contributed by atoms with van der Waals surface area (Å²) < 4.78 is 2.29. The molecule has 0 fully saturated rings. The maximum atomic E-state index is 11.5. The van der Waals surface area contributed by atoms with Crippen LogP contribution in [0.4, 0.5) is 5.69 Å². The number of hydrogen-bond acceptors (Lipinski definition) is 2. The first-order valence-corrected chi connectivity index (χ1v) is 8.99. The van der Waals surface area contributed by atoms with Crippen molar-refractivity contribution in [3.63, 3.8) is 0 Å². The Hall–Kier alpha value is -3.40. The quantitative estimate of drug-likeness (QED) is 0.335. The fraction of sp³-hybridized carbons (Fsp3) is 0.130. The van der Waals surface area contributed by atoms with Crippen molar-refractivity contribution in [3.8, 4) is 16.8 Å². The van der Waals surface area contributed by atoms with Crippen LogP contribution in [0.2, 0.25) is 0 Å². The Balaban J connectivity index is 1.86. The zero-order chi connectivity index (χ0) is 18.8. The van der Waals surface area contributed by atoms with Gasteiger partial charge in [-0.05, 0) is 35.4 Å². The van der Waals surface area contributed by atoms with Crippen molar-refractivity contribution in [2.75, 3.05) is 0 Å². The number of nitrogens with zero attached hydrogens (tertiary/aromatic N) is 2. The second kappa shape index (κ2) is 5.30. The molecule has 0 unspecified atom stereocenters. The largest absolute Gasteiger partial charge is 0.312 e. The molecule has 5 rings (SSSR count). The molecule has 0 saturated carbocycles. The highest BCUT2D eigenvalue weighted by Crippen LogP contribution is 2.47. The zero-order valence-electron chi connectivity index (χ0n) is 15.1. The molecule has 0 spiro atoms. The lowest BCUT2D eigenvalue weighted by Crippen LogP contribution is -2.14. The summed E-state index contributed by atoms with van der Waals surface area (Å²) in [6.07, 6.45) is 0. The highest BCUT2D eigenvalue weighted by atomic mass is 16.6. The number of benzene rings is 3. The molecule has 27 heavy (non-hydrogen) atoms. The lowest BCUT2D eigenvalue weighted by molar-refractivity contribution is -0.384. The number of aromatic nitrogens is 1. The van der Waals surface area contributed by atoms with Crippen LogP contribution in [0.3, 0.4) is 0 Å². The minimum Gasteiger partial charge on any atom is -0.312 e. The third-order valence-electron chi connectivity index (χ3n) is 5.70. The molecular formula is C23H18N2O2. The summed E-state index contributed by atoms with van der Waals surface area (Å²) in [5.41, 5.74) is 6.36. The van der Waals surface area contributed by atoms with E-state index >= 15 is 0 Å². The monoisotopic (exact) mass is 354 g/mol. The molecule has 132 valence electrons. The van der Waals surface area contributed by atoms with Crippen molar-refractivity contribution in [1.29, 1.82) is 0 Å². The van der Waals surface area contributed by atoms with Crippen molar-refractivity contribution in [1.82, 2.24) is 4.57 Å². The molecule has 3 aromatic carbocycles. The SMILES string of the molecule is CC1(C)c2ccccc2-n2c1cc1c(-c3ccccc3[N+](=O)[O-])cccc12. The molecule has 1 aliphatic heterocycles. The van der Waals surface area contributed by atoms with Crippen LogP contribution in [-0.4, -0.2) is 9.49 Å². The Morgan fingerprint density at radius 1 is 0.889 bits per heavy atom. The molecule has 1 aromatic heterocycles. The third kappa shape index (κ3) is 2.04. The van der Waals surface area contributed by atoms with E-state index in [4.69, 9.17) is 0 Å². The van der Waals surface area contributed by atoms with Crippen LogP contribution in [0.25, 0.3) is 27.7 Å². The molecule has 0 N–H and O–H groups in total. The van der Waals surface area contributed by atoms with Crippen LogP contribution in [0.1, 0.15) is 25.1 Å². The highest BCUT2D eigenvalue weighted by molar-refractivity contribution is 6.00. The van der Waals surface area contributed by atoms with Gasteiger partial charge in [0.05, 0.1) is 16.0 Å². The summed E-state index contributed by atoms with van der Waals surface area (Å²) in [5, 5.41) is 12.6. The standard InChI is InChI=1S/C23H18N2O2/c1-23(2)18-10-4-6-12-21(18)24-19-13-7-9-15(17(19)14-22(23)24)16-8-3-5-11-20(16)25(26)27/h3-14H,1-2H3. The van der Waals surface area contributed by atoms with Gasteiger partial charge in [-0.15, -0.1) is 0 Å². The molecule has 2 heterocycles. The van der Waals surface area contributed by atoms with E-state index in [9.17, 15) is 10.1 Å². The lowest BCUT2D eigenvalue weighted by atomic mass is 9.83. The van der Waals surface area contributed by atoms with Gasteiger partial charge in [0.1, 0.15) is 0 Å². The second-order valence-electron chi connectivity index (χ2n) is 7.52. The zero-order valence-corrected chi connectivity index (χ0v) is 15.1. The molecule has 0 atom stereocenters. The van der Waals surface area contributed by atoms with E-state index in [0.29, 0.717) is 5.56 Å². The first-order chi connectivity index (χ1) is 13.0. The Kier molecular flexibility index (Phi) is 3.11. The van der Waals surface area contributed by atoms with Crippen molar-refractivity contribution in [2.45, 2.75) is 19.3 Å². The van der Waals surface area contributed by atoms with Gasteiger partial charge in [-0.2, -0.15) is 0 Å². The molecule has 4 aromatic rings. The van der Waals surface area contributed by atoms with E-state index in [1.165, 1.54) is 16.9 Å². The maximum Gasteiger partial charge on any atom is 0.277 e. The van der Waals surface area contributed by atoms with E-state index in [0.717, 1.165) is 16.5 Å². The normalized spacial score (nSPS) is 14.1. The summed E-state index contributed by atoms with van der Waals surface area (Å²) in [4.78, 5) is 11.2. The van der Waals surface area contributed by atoms with Gasteiger partial charge in [-0.1, -0.05) is 56.3 Å². The number of rotatable bonds is 2. The van der Waals surface area contributed by atoms with Gasteiger partial charge in [0.2, 0.25) is 0 Å². The molecule has 0 amide bonds. The van der Waals surface area contributed by atoms with Crippen molar-refractivity contribution < 1.29 is 4.92 Å². The maximum absolute atomic E-state index is 11.5. The van der Waals surface area contributed by atoms with Gasteiger partial charge >= 0.3 is 0 Å². The summed E-state index contributed by atoms with van der Waals surface area (Å²) in [7, 11) is 0. The molecule has 0 bridgehead atoms. The molecule has 4 heteroatoms. The van der Waals surface area contributed by atoms with E-state index in [-0.39, 0.29) is 16.0 Å². The summed E-state index contributed by atoms with van der Waals surface area (Å²) >= 11 is 0. The topological polar surface area (TPSA) is 48.1 Å². The average Bonchev–Trinajstić information content (AvgIpc) is 3.17. The van der Waals surface area contributed by atoms with Crippen LogP contribution in [0.15, 0.2) is 72.8 Å². The smallest absolute Gasteiger partial charge is 0.277 e. The van der Waals surface area contributed by atoms with Crippen molar-refractivity contribution in [2.24, 2.45) is 0 Å². The fourth-order valence-electron chi connectivity index (χ4n) is 4.38. The number of hydrogen-bond donors (Lipinski definition) is 0. The van der Waals surface area contributed by atoms with Crippen LogP contribution in [0, 0.1) is 10.1 Å². The molecular weight excluding hydrogens is 336 g/mol. The van der Waals surface area contributed by atoms with Crippen LogP contribution in [0.5, 0.6) is 0 Å². The van der Waals surface area contributed by atoms with E-state index in [2.05, 4.69) is 54.8 Å². The molecule has 4 nitrogen and oxygen atoms in total. The Bertz CT molecular complexity index is 1230. The van der Waals surface area contributed by atoms with Crippen molar-refractivity contribution in [3.05, 3.63) is 94.2 Å². The number of fused-ring (bicyclic) bond motifs is 5. The Morgan fingerprint density at radius 3 is 2.41 bits per heavy atom. The highest BCUT2D eigenvalue weighted by Gasteiger charge is 2.37. The predicted molar refractivity (Wildman–Crippen MR) is 107 cm³/mol. The van der Waals surface area contributed by atoms with E-state index in [1.54, 1.807) is 12.1 Å². The fourth-order valence-corrected chi connectivity index (χ4v) is 4.38. The van der Waals surface area contributed by atoms with Gasteiger partial charge in [0.25, 0.3) is 5.69 Å². The Labute approximate surface area is 156 Å². The molecule has 0 radical (unpaired) electrons. The number of para-hydroxylation sites is 2. The van der Waals surface area contributed by atoms with Crippen LogP contribution < -0.4 is 0 Å². The van der Waals surface area contributed by atoms with Crippen LogP contribution in [-0.2, 0) is 5.41 Å². The van der Waals surface area contributed by atoms with Gasteiger partial charge in [-0.3, -0.25) is 10.1 Å². The lowest BCUT2D eigenvalue weighted by Gasteiger charge is -2.18. The third-order valence-corrected chi connectivity index (χ3v) is 5.70. The molecule has 0 aliphatic carbocycles. The van der Waals surface area contributed by atoms with Crippen LogP contribution >= 0.6 is 0 Å². The van der Waals surface area contributed by atoms with Gasteiger partial charge in [0, 0.05) is 28.2 Å². The summed E-state index contributed by atoms with van der Waals surface area (Å²) in [6.45, 7) is 4.46. The minimum absolute atomic E-state index is 0.116. The average molecular weight is 354 g/mol. The minimum atomic E-state index is -0.308. The first kappa shape index (κ1) is 15.8.